The number of amides is 1. The average molecular weight is 339 g/mol. The van der Waals surface area contributed by atoms with E-state index in [1.165, 1.54) is 6.07 Å². The van der Waals surface area contributed by atoms with Crippen LogP contribution in [0.3, 0.4) is 0 Å². The molecule has 3 rings (SSSR count). The minimum Gasteiger partial charge on any atom is -0.381 e. The van der Waals surface area contributed by atoms with Crippen molar-refractivity contribution in [1.29, 1.82) is 0 Å². The van der Waals surface area contributed by atoms with E-state index in [0.717, 1.165) is 12.1 Å². The van der Waals surface area contributed by atoms with Crippen LogP contribution >= 0.6 is 0 Å². The van der Waals surface area contributed by atoms with Gasteiger partial charge in [-0.15, -0.1) is 0 Å². The van der Waals surface area contributed by atoms with Crippen molar-refractivity contribution >= 4 is 11.6 Å². The molecule has 2 aliphatic heterocycles. The van der Waals surface area contributed by atoms with Gasteiger partial charge in [0.05, 0.1) is 11.1 Å². The summed E-state index contributed by atoms with van der Waals surface area (Å²) < 4.78 is 32.6. The van der Waals surface area contributed by atoms with Crippen molar-refractivity contribution in [2.75, 3.05) is 50.8 Å². The fourth-order valence-corrected chi connectivity index (χ4v) is 3.48. The Morgan fingerprint density at radius 3 is 2.46 bits per heavy atom. The van der Waals surface area contributed by atoms with Gasteiger partial charge >= 0.3 is 0 Å². The van der Waals surface area contributed by atoms with Crippen LogP contribution in [-0.2, 0) is 9.53 Å². The summed E-state index contributed by atoms with van der Waals surface area (Å²) in [6, 6.07) is 3.44. The predicted molar refractivity (Wildman–Crippen MR) is 86.7 cm³/mol. The molecule has 0 aromatic heterocycles. The normalized spacial score (nSPS) is 21.0. The summed E-state index contributed by atoms with van der Waals surface area (Å²) in [6.07, 6.45) is 1.28. The van der Waals surface area contributed by atoms with E-state index in [1.54, 1.807) is 9.80 Å². The molecule has 0 unspecified atom stereocenters. The highest BCUT2D eigenvalue weighted by molar-refractivity contribution is 5.83. The molecule has 24 heavy (non-hydrogen) atoms. The van der Waals surface area contributed by atoms with E-state index in [2.05, 4.69) is 0 Å². The van der Waals surface area contributed by atoms with Crippen LogP contribution in [0.1, 0.15) is 12.8 Å². The molecule has 2 fully saturated rings. The SMILES string of the molecule is NCC1(C(=O)N2CCN(c3cc(F)ccc3F)CC2)CCOCC1. The number of hydrogen-bond acceptors (Lipinski definition) is 4. The molecule has 2 aliphatic rings. The fourth-order valence-electron chi connectivity index (χ4n) is 3.48. The van der Waals surface area contributed by atoms with Crippen molar-refractivity contribution in [2.45, 2.75) is 12.8 Å². The van der Waals surface area contributed by atoms with Gasteiger partial charge in [0.1, 0.15) is 11.6 Å². The van der Waals surface area contributed by atoms with Crippen LogP contribution in [0.25, 0.3) is 0 Å². The first-order valence-corrected chi connectivity index (χ1v) is 8.33. The van der Waals surface area contributed by atoms with E-state index < -0.39 is 17.0 Å². The van der Waals surface area contributed by atoms with Crippen LogP contribution in [0, 0.1) is 17.0 Å². The summed E-state index contributed by atoms with van der Waals surface area (Å²) in [5.74, 6) is -0.846. The van der Waals surface area contributed by atoms with E-state index in [4.69, 9.17) is 10.5 Å². The molecule has 1 aromatic rings. The minimum atomic E-state index is -0.537. The second-order valence-electron chi connectivity index (χ2n) is 6.47. The molecule has 0 radical (unpaired) electrons. The molecular formula is C17H23F2N3O2. The van der Waals surface area contributed by atoms with Crippen molar-refractivity contribution in [3.63, 3.8) is 0 Å². The molecule has 5 nitrogen and oxygen atoms in total. The molecule has 2 heterocycles. The maximum Gasteiger partial charge on any atom is 0.230 e. The zero-order valence-corrected chi connectivity index (χ0v) is 13.6. The Labute approximate surface area is 140 Å². The van der Waals surface area contributed by atoms with Gasteiger partial charge in [-0.1, -0.05) is 0 Å². The summed E-state index contributed by atoms with van der Waals surface area (Å²) in [6.45, 7) is 3.34. The lowest BCUT2D eigenvalue weighted by molar-refractivity contribution is -0.147. The largest absolute Gasteiger partial charge is 0.381 e. The van der Waals surface area contributed by atoms with E-state index in [0.29, 0.717) is 58.8 Å². The smallest absolute Gasteiger partial charge is 0.230 e. The van der Waals surface area contributed by atoms with Crippen molar-refractivity contribution in [1.82, 2.24) is 4.90 Å². The van der Waals surface area contributed by atoms with Crippen molar-refractivity contribution in [3.8, 4) is 0 Å². The molecule has 0 bridgehead atoms. The molecular weight excluding hydrogens is 316 g/mol. The quantitative estimate of drug-likeness (QED) is 0.904. The topological polar surface area (TPSA) is 58.8 Å². The molecule has 1 aromatic carbocycles. The van der Waals surface area contributed by atoms with Gasteiger partial charge in [-0.3, -0.25) is 4.79 Å². The van der Waals surface area contributed by atoms with Gasteiger partial charge in [0.15, 0.2) is 0 Å². The predicted octanol–water partition coefficient (Wildman–Crippen LogP) is 1.37. The van der Waals surface area contributed by atoms with Crippen molar-refractivity contribution in [2.24, 2.45) is 11.1 Å². The average Bonchev–Trinajstić information content (AvgIpc) is 2.64. The second-order valence-corrected chi connectivity index (χ2v) is 6.47. The highest BCUT2D eigenvalue weighted by atomic mass is 19.1. The molecule has 0 saturated carbocycles. The molecule has 2 N–H and O–H groups in total. The third-order valence-corrected chi connectivity index (χ3v) is 5.11. The van der Waals surface area contributed by atoms with Crippen molar-refractivity contribution in [3.05, 3.63) is 29.8 Å². The van der Waals surface area contributed by atoms with Crippen LogP contribution in [0.2, 0.25) is 0 Å². The number of carbonyl (C=O) groups is 1. The summed E-state index contributed by atoms with van der Waals surface area (Å²) in [7, 11) is 0. The molecule has 0 aliphatic carbocycles. The van der Waals surface area contributed by atoms with Gasteiger partial charge in [0, 0.05) is 52.0 Å². The number of nitrogens with zero attached hydrogens (tertiary/aromatic N) is 2. The minimum absolute atomic E-state index is 0.0627. The van der Waals surface area contributed by atoms with Crippen LogP contribution in [0.5, 0.6) is 0 Å². The van der Waals surface area contributed by atoms with Gasteiger partial charge < -0.3 is 20.3 Å². The third kappa shape index (κ3) is 3.23. The molecule has 0 atom stereocenters. The van der Waals surface area contributed by atoms with Gasteiger partial charge in [0.25, 0.3) is 0 Å². The van der Waals surface area contributed by atoms with Crippen molar-refractivity contribution < 1.29 is 18.3 Å². The zero-order chi connectivity index (χ0) is 17.2. The van der Waals surface area contributed by atoms with E-state index in [-0.39, 0.29) is 11.6 Å². The maximum atomic E-state index is 13.9. The van der Waals surface area contributed by atoms with Crippen LogP contribution in [0.15, 0.2) is 18.2 Å². The number of anilines is 1. The molecule has 0 spiro atoms. The summed E-state index contributed by atoms with van der Waals surface area (Å²) in [5, 5.41) is 0. The summed E-state index contributed by atoms with van der Waals surface area (Å²) in [4.78, 5) is 16.5. The number of carbonyl (C=O) groups excluding carboxylic acids is 1. The number of benzene rings is 1. The molecule has 2 saturated heterocycles. The van der Waals surface area contributed by atoms with E-state index in [1.807, 2.05) is 0 Å². The Morgan fingerprint density at radius 1 is 1.17 bits per heavy atom. The fraction of sp³-hybridized carbons (Fsp3) is 0.588. The highest BCUT2D eigenvalue weighted by Crippen LogP contribution is 2.32. The lowest BCUT2D eigenvalue weighted by atomic mass is 9.78. The highest BCUT2D eigenvalue weighted by Gasteiger charge is 2.42. The summed E-state index contributed by atoms with van der Waals surface area (Å²) in [5.41, 5.74) is 5.61. The number of nitrogens with two attached hydrogens (primary N) is 1. The lowest BCUT2D eigenvalue weighted by Crippen LogP contribution is -2.56. The Hall–Kier alpha value is -1.73. The Morgan fingerprint density at radius 2 is 1.83 bits per heavy atom. The number of hydrogen-bond donors (Lipinski definition) is 1. The number of halogens is 2. The standard InChI is InChI=1S/C17H23F2N3O2/c18-13-1-2-14(19)15(11-13)21-5-7-22(8-6-21)16(23)17(12-20)3-9-24-10-4-17/h1-2,11H,3-10,12,20H2. The Balaban J connectivity index is 1.66. The van der Waals surface area contributed by atoms with Crippen LogP contribution in [-0.4, -0.2) is 56.7 Å². The van der Waals surface area contributed by atoms with Crippen LogP contribution in [0.4, 0.5) is 14.5 Å². The monoisotopic (exact) mass is 339 g/mol. The first kappa shape index (κ1) is 17.1. The molecule has 7 heteroatoms. The Kier molecular flexibility index (Phi) is 5.01. The first-order valence-electron chi connectivity index (χ1n) is 8.33. The maximum absolute atomic E-state index is 13.9. The number of rotatable bonds is 3. The van der Waals surface area contributed by atoms with Gasteiger partial charge in [-0.2, -0.15) is 0 Å². The number of piperazine rings is 1. The second kappa shape index (κ2) is 7.03. The van der Waals surface area contributed by atoms with E-state index in [9.17, 15) is 13.6 Å². The molecule has 1 amide bonds. The first-order chi connectivity index (χ1) is 11.6. The Bertz CT molecular complexity index is 597. The van der Waals surface area contributed by atoms with Gasteiger partial charge in [0.2, 0.25) is 5.91 Å². The number of ether oxygens (including phenoxy) is 1. The van der Waals surface area contributed by atoms with Gasteiger partial charge in [-0.25, -0.2) is 8.78 Å². The summed E-state index contributed by atoms with van der Waals surface area (Å²) >= 11 is 0. The van der Waals surface area contributed by atoms with Gasteiger partial charge in [-0.05, 0) is 25.0 Å². The van der Waals surface area contributed by atoms with Crippen LogP contribution < -0.4 is 10.6 Å². The van der Waals surface area contributed by atoms with E-state index >= 15 is 0 Å². The third-order valence-electron chi connectivity index (χ3n) is 5.11. The molecule has 132 valence electrons. The zero-order valence-electron chi connectivity index (χ0n) is 13.6. The lowest BCUT2D eigenvalue weighted by Gasteiger charge is -2.42.